The Morgan fingerprint density at radius 3 is 2.40 bits per heavy atom. The molecule has 3 fully saturated rings. The van der Waals surface area contributed by atoms with Gasteiger partial charge in [0.05, 0.1) is 29.6 Å². The second-order valence-electron chi connectivity index (χ2n) is 8.88. The summed E-state index contributed by atoms with van der Waals surface area (Å²) < 4.78 is 5.42. The number of allylic oxidation sites excluding steroid dienone is 1. The SMILES string of the molecule is C[C@H]1[C@H]2OC(=O)[C@@H]1[C@]1(C)C(=O)C=C3[C@H](C)C[C@H](O)[C@@H](O)[C@]3(C)C1C2O. The summed E-state index contributed by atoms with van der Waals surface area (Å²) >= 11 is 0. The maximum absolute atomic E-state index is 13.2. The molecule has 10 atom stereocenters. The minimum absolute atomic E-state index is 0.0854. The van der Waals surface area contributed by atoms with Gasteiger partial charge in [0.25, 0.3) is 0 Å². The van der Waals surface area contributed by atoms with Crippen LogP contribution in [-0.4, -0.2) is 51.5 Å². The van der Waals surface area contributed by atoms with Crippen LogP contribution in [0, 0.1) is 34.5 Å². The smallest absolute Gasteiger partial charge is 0.310 e. The molecule has 3 aliphatic carbocycles. The van der Waals surface area contributed by atoms with E-state index >= 15 is 0 Å². The molecule has 2 bridgehead atoms. The maximum atomic E-state index is 13.2. The van der Waals surface area contributed by atoms with Gasteiger partial charge in [-0.05, 0) is 18.4 Å². The molecule has 1 aliphatic heterocycles. The van der Waals surface area contributed by atoms with Crippen LogP contribution in [0.15, 0.2) is 11.6 Å². The van der Waals surface area contributed by atoms with E-state index in [2.05, 4.69) is 0 Å². The van der Waals surface area contributed by atoms with Gasteiger partial charge in [0.2, 0.25) is 0 Å². The van der Waals surface area contributed by atoms with E-state index in [4.69, 9.17) is 4.74 Å². The Morgan fingerprint density at radius 1 is 1.12 bits per heavy atom. The molecule has 6 nitrogen and oxygen atoms in total. The normalized spacial score (nSPS) is 57.5. The molecule has 6 heteroatoms. The lowest BCUT2D eigenvalue weighted by Crippen LogP contribution is -2.68. The number of aliphatic hydroxyl groups is 3. The van der Waals surface area contributed by atoms with Crippen LogP contribution in [0.5, 0.6) is 0 Å². The summed E-state index contributed by atoms with van der Waals surface area (Å²) in [5.41, 5.74) is -1.37. The first-order valence-corrected chi connectivity index (χ1v) is 9.07. The lowest BCUT2D eigenvalue weighted by atomic mass is 9.42. The predicted molar refractivity (Wildman–Crippen MR) is 87.1 cm³/mol. The van der Waals surface area contributed by atoms with Gasteiger partial charge in [-0.3, -0.25) is 9.59 Å². The van der Waals surface area contributed by atoms with Crippen molar-refractivity contribution in [3.8, 4) is 0 Å². The Hall–Kier alpha value is -1.24. The van der Waals surface area contributed by atoms with E-state index in [9.17, 15) is 24.9 Å². The molecule has 0 aromatic heterocycles. The topological polar surface area (TPSA) is 104 Å². The van der Waals surface area contributed by atoms with Crippen molar-refractivity contribution >= 4 is 11.8 Å². The number of ether oxygens (including phenoxy) is 1. The molecule has 4 aliphatic rings. The fourth-order valence-electron chi connectivity index (χ4n) is 6.59. The molecular formula is C19H26O6. The van der Waals surface area contributed by atoms with Crippen LogP contribution in [0.25, 0.3) is 0 Å². The number of carbonyl (C=O) groups excluding carboxylic acids is 2. The van der Waals surface area contributed by atoms with Gasteiger partial charge in [-0.25, -0.2) is 0 Å². The first-order valence-electron chi connectivity index (χ1n) is 9.07. The summed E-state index contributed by atoms with van der Waals surface area (Å²) in [4.78, 5) is 25.6. The minimum atomic E-state index is -1.15. The lowest BCUT2D eigenvalue weighted by molar-refractivity contribution is -0.195. The van der Waals surface area contributed by atoms with Crippen LogP contribution >= 0.6 is 0 Å². The summed E-state index contributed by atoms with van der Waals surface area (Å²) in [7, 11) is 0. The number of carbonyl (C=O) groups is 2. The van der Waals surface area contributed by atoms with Crippen molar-refractivity contribution in [1.29, 1.82) is 0 Å². The minimum Gasteiger partial charge on any atom is -0.459 e. The van der Waals surface area contributed by atoms with E-state index in [-0.39, 0.29) is 17.6 Å². The highest BCUT2D eigenvalue weighted by atomic mass is 16.6. The largest absolute Gasteiger partial charge is 0.459 e. The van der Waals surface area contributed by atoms with E-state index in [1.807, 2.05) is 13.8 Å². The van der Waals surface area contributed by atoms with Crippen LogP contribution in [0.4, 0.5) is 0 Å². The van der Waals surface area contributed by atoms with E-state index in [1.165, 1.54) is 0 Å². The van der Waals surface area contributed by atoms with Gasteiger partial charge in [0.1, 0.15) is 6.10 Å². The number of hydrogen-bond acceptors (Lipinski definition) is 6. The zero-order valence-electron chi connectivity index (χ0n) is 15.0. The number of hydrogen-bond donors (Lipinski definition) is 3. The Morgan fingerprint density at radius 2 is 1.76 bits per heavy atom. The van der Waals surface area contributed by atoms with Gasteiger partial charge < -0.3 is 20.1 Å². The molecule has 0 amide bonds. The molecule has 2 saturated carbocycles. The zero-order chi connectivity index (χ0) is 18.5. The highest BCUT2D eigenvalue weighted by molar-refractivity contribution is 6.01. The number of esters is 1. The molecule has 0 aromatic carbocycles. The van der Waals surface area contributed by atoms with Crippen LogP contribution in [0.3, 0.4) is 0 Å². The summed E-state index contributed by atoms with van der Waals surface area (Å²) in [6.07, 6.45) is -1.86. The first-order chi connectivity index (χ1) is 11.6. The zero-order valence-corrected chi connectivity index (χ0v) is 15.0. The highest BCUT2D eigenvalue weighted by Gasteiger charge is 2.73. The molecule has 0 spiro atoms. The van der Waals surface area contributed by atoms with Crippen molar-refractivity contribution < 1.29 is 29.6 Å². The van der Waals surface area contributed by atoms with Crippen molar-refractivity contribution in [1.82, 2.24) is 0 Å². The third kappa shape index (κ3) is 1.76. The summed E-state index contributed by atoms with van der Waals surface area (Å²) in [5.74, 6) is -2.32. The quantitative estimate of drug-likeness (QED) is 0.548. The van der Waals surface area contributed by atoms with Gasteiger partial charge >= 0.3 is 5.97 Å². The first kappa shape index (κ1) is 17.2. The second-order valence-corrected chi connectivity index (χ2v) is 8.88. The van der Waals surface area contributed by atoms with Gasteiger partial charge in [-0.1, -0.05) is 33.3 Å². The van der Waals surface area contributed by atoms with Crippen LogP contribution < -0.4 is 0 Å². The molecule has 1 heterocycles. The number of fused-ring (bicyclic) bond motifs is 6. The molecule has 2 unspecified atom stereocenters. The van der Waals surface area contributed by atoms with Crippen molar-refractivity contribution in [2.24, 2.45) is 34.5 Å². The number of aliphatic hydroxyl groups excluding tert-OH is 3. The van der Waals surface area contributed by atoms with Gasteiger partial charge in [0, 0.05) is 17.3 Å². The third-order valence-electron chi connectivity index (χ3n) is 7.71. The van der Waals surface area contributed by atoms with E-state index in [0.29, 0.717) is 6.42 Å². The van der Waals surface area contributed by atoms with E-state index in [0.717, 1.165) is 5.57 Å². The molecule has 4 rings (SSSR count). The molecule has 0 radical (unpaired) electrons. The summed E-state index contributed by atoms with van der Waals surface area (Å²) in [6.45, 7) is 7.27. The fourth-order valence-corrected chi connectivity index (χ4v) is 6.59. The molecule has 25 heavy (non-hydrogen) atoms. The van der Waals surface area contributed by atoms with Crippen LogP contribution in [0.2, 0.25) is 0 Å². The number of rotatable bonds is 0. The molecule has 1 saturated heterocycles. The number of ketones is 1. The van der Waals surface area contributed by atoms with Crippen LogP contribution in [-0.2, 0) is 14.3 Å². The predicted octanol–water partition coefficient (Wildman–Crippen LogP) is 0.438. The summed E-state index contributed by atoms with van der Waals surface area (Å²) in [6, 6.07) is 0. The molecule has 3 N–H and O–H groups in total. The monoisotopic (exact) mass is 350 g/mol. The van der Waals surface area contributed by atoms with Crippen molar-refractivity contribution in [3.63, 3.8) is 0 Å². The van der Waals surface area contributed by atoms with Crippen molar-refractivity contribution in [2.45, 2.75) is 58.5 Å². The molecule has 138 valence electrons. The third-order valence-corrected chi connectivity index (χ3v) is 7.71. The molecule has 0 aromatic rings. The van der Waals surface area contributed by atoms with Gasteiger partial charge in [-0.15, -0.1) is 0 Å². The lowest BCUT2D eigenvalue weighted by Gasteiger charge is -2.61. The highest BCUT2D eigenvalue weighted by Crippen LogP contribution is 2.65. The Bertz CT molecular complexity index is 685. The average Bonchev–Trinajstić information content (AvgIpc) is 2.78. The Kier molecular flexibility index (Phi) is 3.39. The van der Waals surface area contributed by atoms with Crippen molar-refractivity contribution in [2.75, 3.05) is 0 Å². The van der Waals surface area contributed by atoms with Gasteiger partial charge in [0.15, 0.2) is 5.78 Å². The fraction of sp³-hybridized carbons (Fsp3) is 0.789. The van der Waals surface area contributed by atoms with E-state index < -0.39 is 53.1 Å². The van der Waals surface area contributed by atoms with Crippen LogP contribution in [0.1, 0.15) is 34.1 Å². The second kappa shape index (κ2) is 4.93. The van der Waals surface area contributed by atoms with Crippen molar-refractivity contribution in [3.05, 3.63) is 11.6 Å². The molecular weight excluding hydrogens is 324 g/mol. The van der Waals surface area contributed by atoms with E-state index in [1.54, 1.807) is 19.9 Å². The Balaban J connectivity index is 1.97. The Labute approximate surface area is 146 Å². The average molecular weight is 350 g/mol. The van der Waals surface area contributed by atoms with Gasteiger partial charge in [-0.2, -0.15) is 0 Å². The standard InChI is InChI=1S/C19H26O6/c1-7-5-10(20)16(23)18(3)9(7)6-11(21)19(4)12-8(2)14(25-17(12)24)13(22)15(18)19/h6-8,10,12-16,20,22-23H,5H2,1-4H3/t7-,8-,10+,12-,13?,14-,15?,16-,18+,19+/m1/s1. The maximum Gasteiger partial charge on any atom is 0.310 e. The summed E-state index contributed by atoms with van der Waals surface area (Å²) in [5, 5.41) is 32.4.